The van der Waals surface area contributed by atoms with E-state index in [0.717, 1.165) is 10.8 Å². The number of hydrogen-bond acceptors (Lipinski definition) is 3. The van der Waals surface area contributed by atoms with Crippen LogP contribution in [0.1, 0.15) is 10.4 Å². The zero-order valence-electron chi connectivity index (χ0n) is 10.4. The van der Waals surface area contributed by atoms with Gasteiger partial charge in [-0.3, -0.25) is 4.79 Å². The lowest BCUT2D eigenvalue weighted by Crippen LogP contribution is -2.25. The van der Waals surface area contributed by atoms with Crippen molar-refractivity contribution in [2.75, 3.05) is 18.9 Å². The van der Waals surface area contributed by atoms with Crippen LogP contribution < -0.4 is 10.6 Å². The summed E-state index contributed by atoms with van der Waals surface area (Å²) < 4.78 is 0. The molecule has 5 nitrogen and oxygen atoms in total. The fraction of sp³-hybridized carbons (Fsp3) is 0.143. The van der Waals surface area contributed by atoms with Crippen molar-refractivity contribution in [1.29, 1.82) is 0 Å². The van der Waals surface area contributed by atoms with E-state index in [1.165, 1.54) is 0 Å². The van der Waals surface area contributed by atoms with Gasteiger partial charge in [0.15, 0.2) is 0 Å². The van der Waals surface area contributed by atoms with Gasteiger partial charge in [-0.25, -0.2) is 4.79 Å². The van der Waals surface area contributed by atoms with Crippen LogP contribution in [0.15, 0.2) is 36.4 Å². The first-order valence-electron chi connectivity index (χ1n) is 5.82. The topological polar surface area (TPSA) is 78.4 Å². The van der Waals surface area contributed by atoms with Gasteiger partial charge in [-0.05, 0) is 30.0 Å². The maximum atomic E-state index is 11.6. The van der Waals surface area contributed by atoms with Gasteiger partial charge in [0, 0.05) is 0 Å². The molecule has 3 N–H and O–H groups in total. The van der Waals surface area contributed by atoms with Crippen LogP contribution in [0, 0.1) is 0 Å². The maximum absolute atomic E-state index is 11.6. The highest BCUT2D eigenvalue weighted by Gasteiger charge is 2.13. The molecule has 19 heavy (non-hydrogen) atoms. The lowest BCUT2D eigenvalue weighted by molar-refractivity contribution is -0.115. The summed E-state index contributed by atoms with van der Waals surface area (Å²) in [6, 6.07) is 10.6. The minimum Gasteiger partial charge on any atom is -0.478 e. The normalized spacial score (nSPS) is 10.4. The van der Waals surface area contributed by atoms with E-state index in [4.69, 9.17) is 0 Å². The van der Waals surface area contributed by atoms with Gasteiger partial charge >= 0.3 is 5.97 Å². The second kappa shape index (κ2) is 5.49. The minimum absolute atomic E-state index is 0.0863. The Morgan fingerprint density at radius 2 is 1.79 bits per heavy atom. The molecule has 0 saturated carbocycles. The molecule has 2 aromatic carbocycles. The van der Waals surface area contributed by atoms with Crippen molar-refractivity contribution in [3.05, 3.63) is 42.0 Å². The van der Waals surface area contributed by atoms with Crippen LogP contribution in [0.25, 0.3) is 10.8 Å². The van der Waals surface area contributed by atoms with Gasteiger partial charge in [0.05, 0.1) is 17.8 Å². The molecule has 0 aromatic heterocycles. The predicted octanol–water partition coefficient (Wildman–Crippen LogP) is 1.70. The summed E-state index contributed by atoms with van der Waals surface area (Å²) in [6.07, 6.45) is 0. The zero-order valence-corrected chi connectivity index (χ0v) is 10.4. The molecule has 2 aromatic rings. The average Bonchev–Trinajstić information content (AvgIpc) is 2.38. The summed E-state index contributed by atoms with van der Waals surface area (Å²) in [7, 11) is 1.65. The molecule has 0 spiro atoms. The first-order chi connectivity index (χ1) is 9.11. The van der Waals surface area contributed by atoms with E-state index in [1.807, 2.05) is 24.3 Å². The Morgan fingerprint density at radius 1 is 1.16 bits per heavy atom. The second-order valence-corrected chi connectivity index (χ2v) is 4.13. The molecule has 1 amide bonds. The van der Waals surface area contributed by atoms with E-state index in [-0.39, 0.29) is 18.0 Å². The predicted molar refractivity (Wildman–Crippen MR) is 73.5 cm³/mol. The van der Waals surface area contributed by atoms with E-state index in [0.29, 0.717) is 5.69 Å². The molecule has 0 fully saturated rings. The lowest BCUT2D eigenvalue weighted by Gasteiger charge is -2.10. The van der Waals surface area contributed by atoms with Crippen LogP contribution in [0.4, 0.5) is 5.69 Å². The molecule has 0 saturated heterocycles. The van der Waals surface area contributed by atoms with Crippen molar-refractivity contribution in [1.82, 2.24) is 5.32 Å². The molecule has 0 bridgehead atoms. The van der Waals surface area contributed by atoms with E-state index < -0.39 is 5.97 Å². The number of benzene rings is 2. The standard InChI is InChI=1S/C14H14N2O3/c1-15-8-13(17)16-12-7-10-5-3-2-4-9(10)6-11(12)14(18)19/h2-7,15H,8H2,1H3,(H,16,17)(H,18,19). The number of amides is 1. The fourth-order valence-corrected chi connectivity index (χ4v) is 1.88. The van der Waals surface area contributed by atoms with Gasteiger partial charge < -0.3 is 15.7 Å². The average molecular weight is 258 g/mol. The van der Waals surface area contributed by atoms with Gasteiger partial charge in [-0.1, -0.05) is 24.3 Å². The fourth-order valence-electron chi connectivity index (χ4n) is 1.88. The Hall–Kier alpha value is -2.40. The Balaban J connectivity index is 2.47. The van der Waals surface area contributed by atoms with Crippen molar-refractivity contribution in [3.8, 4) is 0 Å². The van der Waals surface area contributed by atoms with E-state index in [1.54, 1.807) is 19.2 Å². The Bertz CT molecular complexity index is 638. The summed E-state index contributed by atoms with van der Waals surface area (Å²) >= 11 is 0. The molecule has 0 atom stereocenters. The monoisotopic (exact) mass is 258 g/mol. The van der Waals surface area contributed by atoms with Crippen LogP contribution in [-0.2, 0) is 4.79 Å². The number of hydrogen-bond donors (Lipinski definition) is 3. The van der Waals surface area contributed by atoms with Crippen LogP contribution in [0.5, 0.6) is 0 Å². The number of nitrogens with one attached hydrogen (secondary N) is 2. The third kappa shape index (κ3) is 2.89. The maximum Gasteiger partial charge on any atom is 0.337 e. The Kier molecular flexibility index (Phi) is 3.77. The zero-order chi connectivity index (χ0) is 13.8. The molecular formula is C14H14N2O3. The van der Waals surface area contributed by atoms with Gasteiger partial charge in [-0.15, -0.1) is 0 Å². The summed E-state index contributed by atoms with van der Waals surface area (Å²) in [5.74, 6) is -1.34. The van der Waals surface area contributed by atoms with Crippen molar-refractivity contribution >= 4 is 28.3 Å². The smallest absolute Gasteiger partial charge is 0.337 e. The molecule has 0 unspecified atom stereocenters. The summed E-state index contributed by atoms with van der Waals surface area (Å²) in [6.45, 7) is 0.131. The number of carbonyl (C=O) groups is 2. The number of carboxylic acid groups (broad SMARTS) is 1. The van der Waals surface area contributed by atoms with Gasteiger partial charge in [0.1, 0.15) is 0 Å². The Morgan fingerprint density at radius 3 is 2.37 bits per heavy atom. The molecule has 0 aliphatic heterocycles. The third-order valence-electron chi connectivity index (χ3n) is 2.73. The molecule has 0 aliphatic carbocycles. The minimum atomic E-state index is -1.06. The SMILES string of the molecule is CNCC(=O)Nc1cc2ccccc2cc1C(=O)O. The first kappa shape index (κ1) is 13.0. The summed E-state index contributed by atoms with van der Waals surface area (Å²) in [5, 5.41) is 16.2. The summed E-state index contributed by atoms with van der Waals surface area (Å²) in [4.78, 5) is 22.8. The molecule has 2 rings (SSSR count). The number of aromatic carboxylic acids is 1. The van der Waals surface area contributed by atoms with Crippen LogP contribution in [-0.4, -0.2) is 30.6 Å². The molecule has 0 heterocycles. The van der Waals surface area contributed by atoms with Crippen molar-refractivity contribution in [3.63, 3.8) is 0 Å². The molecule has 0 aliphatic rings. The van der Waals surface area contributed by atoms with Crippen LogP contribution >= 0.6 is 0 Å². The van der Waals surface area contributed by atoms with Crippen LogP contribution in [0.3, 0.4) is 0 Å². The summed E-state index contributed by atoms with van der Waals surface area (Å²) in [5.41, 5.74) is 0.398. The number of carboxylic acids is 1. The molecular weight excluding hydrogens is 244 g/mol. The number of anilines is 1. The third-order valence-corrected chi connectivity index (χ3v) is 2.73. The highest BCUT2D eigenvalue weighted by molar-refractivity contribution is 6.05. The lowest BCUT2D eigenvalue weighted by atomic mass is 10.0. The molecule has 0 radical (unpaired) electrons. The van der Waals surface area contributed by atoms with Crippen molar-refractivity contribution < 1.29 is 14.7 Å². The van der Waals surface area contributed by atoms with Crippen molar-refractivity contribution in [2.24, 2.45) is 0 Å². The molecule has 98 valence electrons. The van der Waals surface area contributed by atoms with Gasteiger partial charge in [0.25, 0.3) is 0 Å². The van der Waals surface area contributed by atoms with E-state index in [9.17, 15) is 14.7 Å². The quantitative estimate of drug-likeness (QED) is 0.780. The first-order valence-corrected chi connectivity index (χ1v) is 5.82. The largest absolute Gasteiger partial charge is 0.478 e. The van der Waals surface area contributed by atoms with Gasteiger partial charge in [-0.2, -0.15) is 0 Å². The number of carbonyl (C=O) groups excluding carboxylic acids is 1. The van der Waals surface area contributed by atoms with Crippen LogP contribution in [0.2, 0.25) is 0 Å². The van der Waals surface area contributed by atoms with E-state index in [2.05, 4.69) is 10.6 Å². The number of rotatable bonds is 4. The highest BCUT2D eigenvalue weighted by atomic mass is 16.4. The number of fused-ring (bicyclic) bond motifs is 1. The Labute approximate surface area is 110 Å². The molecule has 5 heteroatoms. The second-order valence-electron chi connectivity index (χ2n) is 4.13. The highest BCUT2D eigenvalue weighted by Crippen LogP contribution is 2.24. The van der Waals surface area contributed by atoms with E-state index >= 15 is 0 Å². The number of likely N-dealkylation sites (N-methyl/N-ethyl adjacent to an activating group) is 1. The van der Waals surface area contributed by atoms with Crippen molar-refractivity contribution in [2.45, 2.75) is 0 Å². The van der Waals surface area contributed by atoms with Gasteiger partial charge in [0.2, 0.25) is 5.91 Å².